The molecule has 1 heterocycles. The second-order valence-corrected chi connectivity index (χ2v) is 4.59. The molecule has 110 valence electrons. The summed E-state index contributed by atoms with van der Waals surface area (Å²) in [5, 5.41) is 18.2. The van der Waals surface area contributed by atoms with Crippen molar-refractivity contribution in [3.63, 3.8) is 0 Å². The highest BCUT2D eigenvalue weighted by Crippen LogP contribution is 2.25. The Labute approximate surface area is 119 Å². The van der Waals surface area contributed by atoms with Crippen molar-refractivity contribution in [2.24, 2.45) is 0 Å². The van der Waals surface area contributed by atoms with E-state index in [9.17, 15) is 0 Å². The number of hydrogen-bond acceptors (Lipinski definition) is 6. The SMILES string of the molecule is COc1cc(B(O)O)ccc1OCCN1CCOCC1. The Morgan fingerprint density at radius 2 is 2.00 bits per heavy atom. The predicted molar refractivity (Wildman–Crippen MR) is 75.6 cm³/mol. The molecule has 0 aliphatic carbocycles. The van der Waals surface area contributed by atoms with E-state index in [0.29, 0.717) is 23.6 Å². The van der Waals surface area contributed by atoms with Gasteiger partial charge in [-0.1, -0.05) is 6.07 Å². The molecule has 6 nitrogen and oxygen atoms in total. The molecule has 0 atom stereocenters. The Kier molecular flexibility index (Phi) is 5.66. The van der Waals surface area contributed by atoms with Gasteiger partial charge in [0.25, 0.3) is 0 Å². The Bertz CT molecular complexity index is 423. The van der Waals surface area contributed by atoms with Crippen LogP contribution in [0, 0.1) is 0 Å². The van der Waals surface area contributed by atoms with E-state index in [1.165, 1.54) is 7.11 Å². The van der Waals surface area contributed by atoms with Crippen molar-refractivity contribution in [1.29, 1.82) is 0 Å². The molecule has 1 aliphatic rings. The molecule has 1 fully saturated rings. The Morgan fingerprint density at radius 3 is 2.65 bits per heavy atom. The minimum absolute atomic E-state index is 0.377. The number of nitrogens with zero attached hydrogens (tertiary/aromatic N) is 1. The van der Waals surface area contributed by atoms with Crippen LogP contribution in [0.5, 0.6) is 11.5 Å². The first-order chi connectivity index (χ1) is 9.70. The van der Waals surface area contributed by atoms with Gasteiger partial charge < -0.3 is 24.3 Å². The third kappa shape index (κ3) is 4.11. The van der Waals surface area contributed by atoms with Crippen LogP contribution < -0.4 is 14.9 Å². The molecule has 1 aromatic carbocycles. The summed E-state index contributed by atoms with van der Waals surface area (Å²) < 4.78 is 16.2. The average molecular weight is 281 g/mol. The molecule has 2 rings (SSSR count). The number of rotatable bonds is 6. The van der Waals surface area contributed by atoms with Crippen molar-refractivity contribution in [3.05, 3.63) is 18.2 Å². The van der Waals surface area contributed by atoms with Crippen molar-refractivity contribution >= 4 is 12.6 Å². The van der Waals surface area contributed by atoms with Gasteiger partial charge in [-0.3, -0.25) is 4.90 Å². The molecule has 20 heavy (non-hydrogen) atoms. The Hall–Kier alpha value is -1.28. The third-order valence-electron chi connectivity index (χ3n) is 3.25. The first kappa shape index (κ1) is 15.1. The fraction of sp³-hybridized carbons (Fsp3) is 0.538. The smallest absolute Gasteiger partial charge is 0.488 e. The number of ether oxygens (including phenoxy) is 3. The van der Waals surface area contributed by atoms with Gasteiger partial charge in [-0.2, -0.15) is 0 Å². The van der Waals surface area contributed by atoms with Crippen molar-refractivity contribution in [1.82, 2.24) is 4.90 Å². The lowest BCUT2D eigenvalue weighted by Gasteiger charge is -2.26. The van der Waals surface area contributed by atoms with Gasteiger partial charge in [0, 0.05) is 19.6 Å². The van der Waals surface area contributed by atoms with Crippen molar-refractivity contribution in [3.8, 4) is 11.5 Å². The van der Waals surface area contributed by atoms with Gasteiger partial charge in [-0.15, -0.1) is 0 Å². The minimum atomic E-state index is -1.51. The zero-order valence-corrected chi connectivity index (χ0v) is 11.6. The van der Waals surface area contributed by atoms with Gasteiger partial charge in [0.1, 0.15) is 6.61 Å². The van der Waals surface area contributed by atoms with Crippen LogP contribution in [0.1, 0.15) is 0 Å². The summed E-state index contributed by atoms with van der Waals surface area (Å²) in [7, 11) is 0.0174. The summed E-state index contributed by atoms with van der Waals surface area (Å²) >= 11 is 0. The largest absolute Gasteiger partial charge is 0.493 e. The normalized spacial score (nSPS) is 15.9. The van der Waals surface area contributed by atoms with Gasteiger partial charge in [0.2, 0.25) is 0 Å². The molecule has 0 bridgehead atoms. The van der Waals surface area contributed by atoms with Crippen LogP contribution in [-0.4, -0.2) is 68.6 Å². The van der Waals surface area contributed by atoms with Crippen LogP contribution in [0.25, 0.3) is 0 Å². The van der Waals surface area contributed by atoms with Crippen LogP contribution in [-0.2, 0) is 4.74 Å². The maximum atomic E-state index is 9.12. The van der Waals surface area contributed by atoms with E-state index in [-0.39, 0.29) is 0 Å². The quantitative estimate of drug-likeness (QED) is 0.658. The van der Waals surface area contributed by atoms with Crippen LogP contribution >= 0.6 is 0 Å². The van der Waals surface area contributed by atoms with Crippen molar-refractivity contribution < 1.29 is 24.3 Å². The standard InChI is InChI=1S/C13H20BNO5/c1-18-13-10-11(14(16)17)2-3-12(13)20-9-6-15-4-7-19-8-5-15/h2-3,10,16-17H,4-9H2,1H3. The van der Waals surface area contributed by atoms with E-state index in [1.54, 1.807) is 18.2 Å². The predicted octanol–water partition coefficient (Wildman–Crippen LogP) is -0.914. The van der Waals surface area contributed by atoms with E-state index in [0.717, 1.165) is 32.8 Å². The second-order valence-electron chi connectivity index (χ2n) is 4.59. The highest BCUT2D eigenvalue weighted by atomic mass is 16.5. The van der Waals surface area contributed by atoms with E-state index in [2.05, 4.69) is 4.90 Å². The molecule has 0 radical (unpaired) electrons. The molecular formula is C13H20BNO5. The van der Waals surface area contributed by atoms with E-state index in [4.69, 9.17) is 24.3 Å². The fourth-order valence-corrected chi connectivity index (χ4v) is 2.07. The van der Waals surface area contributed by atoms with Gasteiger partial charge in [-0.25, -0.2) is 0 Å². The summed E-state index contributed by atoms with van der Waals surface area (Å²) in [5.74, 6) is 1.10. The number of hydrogen-bond donors (Lipinski definition) is 2. The molecule has 0 unspecified atom stereocenters. The van der Waals surface area contributed by atoms with Crippen LogP contribution in [0.3, 0.4) is 0 Å². The maximum absolute atomic E-state index is 9.12. The van der Waals surface area contributed by atoms with Gasteiger partial charge in [0.15, 0.2) is 11.5 Å². The summed E-state index contributed by atoms with van der Waals surface area (Å²) in [4.78, 5) is 2.28. The van der Waals surface area contributed by atoms with Gasteiger partial charge >= 0.3 is 7.12 Å². The third-order valence-corrected chi connectivity index (χ3v) is 3.25. The molecule has 1 aromatic rings. The van der Waals surface area contributed by atoms with Gasteiger partial charge in [-0.05, 0) is 17.6 Å². The number of methoxy groups -OCH3 is 1. The average Bonchev–Trinajstić information content (AvgIpc) is 2.48. The Balaban J connectivity index is 1.88. The van der Waals surface area contributed by atoms with E-state index < -0.39 is 7.12 Å². The molecule has 1 aliphatic heterocycles. The van der Waals surface area contributed by atoms with Crippen molar-refractivity contribution in [2.75, 3.05) is 46.6 Å². The fourth-order valence-electron chi connectivity index (χ4n) is 2.07. The summed E-state index contributed by atoms with van der Waals surface area (Å²) in [6, 6.07) is 4.86. The molecule has 0 aromatic heterocycles. The van der Waals surface area contributed by atoms with Crippen molar-refractivity contribution in [2.45, 2.75) is 0 Å². The lowest BCUT2D eigenvalue weighted by atomic mass is 9.80. The molecule has 0 saturated carbocycles. The summed E-state index contributed by atoms with van der Waals surface area (Å²) in [6.45, 7) is 4.78. The maximum Gasteiger partial charge on any atom is 0.488 e. The highest BCUT2D eigenvalue weighted by molar-refractivity contribution is 6.58. The molecule has 2 N–H and O–H groups in total. The first-order valence-corrected chi connectivity index (χ1v) is 6.67. The topological polar surface area (TPSA) is 71.4 Å². The highest BCUT2D eigenvalue weighted by Gasteiger charge is 2.15. The lowest BCUT2D eigenvalue weighted by Crippen LogP contribution is -2.38. The molecule has 1 saturated heterocycles. The summed E-state index contributed by atoms with van der Waals surface area (Å²) in [6.07, 6.45) is 0. The van der Waals surface area contributed by atoms with Crippen LogP contribution in [0.4, 0.5) is 0 Å². The second kappa shape index (κ2) is 7.49. The van der Waals surface area contributed by atoms with Gasteiger partial charge in [0.05, 0.1) is 20.3 Å². The first-order valence-electron chi connectivity index (χ1n) is 6.67. The lowest BCUT2D eigenvalue weighted by molar-refractivity contribution is 0.0321. The summed E-state index contributed by atoms with van der Waals surface area (Å²) in [5.41, 5.74) is 0.377. The minimum Gasteiger partial charge on any atom is -0.493 e. The zero-order valence-electron chi connectivity index (χ0n) is 11.6. The molecule has 7 heteroatoms. The Morgan fingerprint density at radius 1 is 1.25 bits per heavy atom. The molecule has 0 amide bonds. The number of benzene rings is 1. The molecule has 0 spiro atoms. The number of morpholine rings is 1. The monoisotopic (exact) mass is 281 g/mol. The van der Waals surface area contributed by atoms with E-state index >= 15 is 0 Å². The van der Waals surface area contributed by atoms with E-state index in [1.807, 2.05) is 0 Å². The zero-order chi connectivity index (χ0) is 14.4. The van der Waals surface area contributed by atoms with Crippen LogP contribution in [0.2, 0.25) is 0 Å². The van der Waals surface area contributed by atoms with Crippen LogP contribution in [0.15, 0.2) is 18.2 Å². The molecular weight excluding hydrogens is 261 g/mol.